The molecule has 2 heterocycles. The maximum atomic E-state index is 13.7. The van der Waals surface area contributed by atoms with Gasteiger partial charge in [-0.05, 0) is 42.9 Å². The fourth-order valence-electron chi connectivity index (χ4n) is 4.51. The Hall–Kier alpha value is -3.34. The zero-order valence-electron chi connectivity index (χ0n) is 19.6. The summed E-state index contributed by atoms with van der Waals surface area (Å²) in [6.45, 7) is 0. The summed E-state index contributed by atoms with van der Waals surface area (Å²) in [5.74, 6) is -0.0716. The van der Waals surface area contributed by atoms with E-state index < -0.39 is 11.7 Å². The predicted octanol–water partition coefficient (Wildman–Crippen LogP) is 4.14. The van der Waals surface area contributed by atoms with Gasteiger partial charge in [-0.15, -0.1) is 0 Å². The highest BCUT2D eigenvalue weighted by Gasteiger charge is 2.36. The van der Waals surface area contributed by atoms with Crippen molar-refractivity contribution in [1.82, 2.24) is 14.9 Å². The van der Waals surface area contributed by atoms with Gasteiger partial charge in [-0.3, -0.25) is 4.79 Å². The summed E-state index contributed by atoms with van der Waals surface area (Å²) in [6, 6.07) is 7.20. The molecule has 4 rings (SSSR count). The second-order valence-electron chi connectivity index (χ2n) is 8.90. The highest BCUT2D eigenvalue weighted by molar-refractivity contribution is 5.72. The van der Waals surface area contributed by atoms with E-state index in [0.29, 0.717) is 18.7 Å². The van der Waals surface area contributed by atoms with Crippen molar-refractivity contribution in [1.29, 1.82) is 0 Å². The van der Waals surface area contributed by atoms with Crippen molar-refractivity contribution in [3.63, 3.8) is 0 Å². The molecule has 0 amide bonds. The number of nitrogens with one attached hydrogen (secondary N) is 2. The third-order valence-corrected chi connectivity index (χ3v) is 6.53. The lowest BCUT2D eigenvalue weighted by Crippen LogP contribution is -2.34. The number of rotatable bonds is 6. The van der Waals surface area contributed by atoms with Crippen LogP contribution in [0.5, 0.6) is 0 Å². The Balaban J connectivity index is 1.62. The zero-order valence-corrected chi connectivity index (χ0v) is 19.6. The lowest BCUT2D eigenvalue weighted by molar-refractivity contribution is -0.142. The number of fused-ring (bicyclic) bond motifs is 1. The van der Waals surface area contributed by atoms with Crippen molar-refractivity contribution in [2.75, 3.05) is 24.8 Å². The second kappa shape index (κ2) is 10.1. The Labute approximate surface area is 201 Å². The first kappa shape index (κ1) is 24.8. The number of aromatic nitrogens is 2. The number of hydrogen-bond donors (Lipinski definition) is 3. The molecule has 0 spiro atoms. The number of methoxy groups -OCH3 is 1. The molecule has 1 unspecified atom stereocenters. The molecule has 1 aromatic carbocycles. The molecule has 11 heteroatoms. The number of halogens is 3. The van der Waals surface area contributed by atoms with E-state index in [0.717, 1.165) is 30.2 Å². The van der Waals surface area contributed by atoms with Crippen LogP contribution < -0.4 is 16.4 Å². The van der Waals surface area contributed by atoms with E-state index in [4.69, 9.17) is 10.5 Å². The lowest BCUT2D eigenvalue weighted by atomic mass is 9.92. The van der Waals surface area contributed by atoms with Gasteiger partial charge in [0, 0.05) is 25.3 Å². The first-order valence-corrected chi connectivity index (χ1v) is 11.5. The van der Waals surface area contributed by atoms with Crippen molar-refractivity contribution in [3.05, 3.63) is 53.0 Å². The van der Waals surface area contributed by atoms with Gasteiger partial charge in [0.05, 0.1) is 19.6 Å². The third kappa shape index (κ3) is 5.67. The highest BCUT2D eigenvalue weighted by Crippen LogP contribution is 2.37. The topological polar surface area (TPSA) is 105 Å². The van der Waals surface area contributed by atoms with Crippen LogP contribution in [-0.4, -0.2) is 47.1 Å². The van der Waals surface area contributed by atoms with Crippen LogP contribution >= 0.6 is 0 Å². The van der Waals surface area contributed by atoms with E-state index in [9.17, 15) is 18.0 Å². The molecule has 8 nitrogen and oxygen atoms in total. The van der Waals surface area contributed by atoms with E-state index in [2.05, 4.69) is 20.6 Å². The largest absolute Gasteiger partial charge is 0.469 e. The molecular weight excluding hydrogens is 461 g/mol. The van der Waals surface area contributed by atoms with Crippen LogP contribution in [0, 0.1) is 0 Å². The summed E-state index contributed by atoms with van der Waals surface area (Å²) < 4.78 is 45.9. The Morgan fingerprint density at radius 2 is 1.94 bits per heavy atom. The summed E-state index contributed by atoms with van der Waals surface area (Å²) in [6.07, 6.45) is 0.970. The Morgan fingerprint density at radius 1 is 1.23 bits per heavy atom. The average Bonchev–Trinajstić information content (AvgIpc) is 2.82. The molecule has 35 heavy (non-hydrogen) atoms. The predicted molar refractivity (Wildman–Crippen MR) is 126 cm³/mol. The van der Waals surface area contributed by atoms with Crippen molar-refractivity contribution < 1.29 is 22.7 Å². The first-order chi connectivity index (χ1) is 16.7. The van der Waals surface area contributed by atoms with E-state index in [1.807, 2.05) is 35.2 Å². The summed E-state index contributed by atoms with van der Waals surface area (Å²) in [5.41, 5.74) is 6.84. The molecule has 1 aliphatic heterocycles. The quantitative estimate of drug-likeness (QED) is 0.519. The summed E-state index contributed by atoms with van der Waals surface area (Å²) in [4.78, 5) is 22.0. The molecule has 1 saturated carbocycles. The van der Waals surface area contributed by atoms with Gasteiger partial charge in [-0.2, -0.15) is 18.2 Å². The van der Waals surface area contributed by atoms with Gasteiger partial charge in [0.2, 0.25) is 5.95 Å². The second-order valence-corrected chi connectivity index (χ2v) is 8.90. The van der Waals surface area contributed by atoms with Gasteiger partial charge in [0.15, 0.2) is 0 Å². The standard InChI is InChI=1S/C24H29F3N6O2/c1-33-19(12-21(34)35-2)17-6-4-3-5-14(17)11-20(33)31-23-29-13-18(24(25,26)27)22(32-23)30-16-9-7-15(28)8-10-16/h3-6,11,13,15-16,19H,7-10,12,28H2,1-2H3,(H2,29,30,31,32). The summed E-state index contributed by atoms with van der Waals surface area (Å²) in [7, 11) is 3.12. The molecule has 1 aromatic heterocycles. The lowest BCUT2D eigenvalue weighted by Gasteiger charge is -2.36. The number of benzene rings is 1. The molecule has 1 atom stereocenters. The highest BCUT2D eigenvalue weighted by atomic mass is 19.4. The number of alkyl halides is 3. The fourth-order valence-corrected chi connectivity index (χ4v) is 4.51. The molecule has 0 bridgehead atoms. The van der Waals surface area contributed by atoms with Gasteiger partial charge in [0.1, 0.15) is 17.2 Å². The Morgan fingerprint density at radius 3 is 2.63 bits per heavy atom. The van der Waals surface area contributed by atoms with Crippen LogP contribution in [0.2, 0.25) is 0 Å². The smallest absolute Gasteiger partial charge is 0.421 e. The number of nitrogens with zero attached hydrogens (tertiary/aromatic N) is 3. The van der Waals surface area contributed by atoms with Gasteiger partial charge in [-0.25, -0.2) is 4.98 Å². The minimum atomic E-state index is -4.60. The minimum absolute atomic E-state index is 0.0160. The fraction of sp³-hybridized carbons (Fsp3) is 0.458. The van der Waals surface area contributed by atoms with Crippen molar-refractivity contribution in [2.24, 2.45) is 5.73 Å². The van der Waals surface area contributed by atoms with Crippen LogP contribution in [0.25, 0.3) is 6.08 Å². The zero-order chi connectivity index (χ0) is 25.2. The summed E-state index contributed by atoms with van der Waals surface area (Å²) >= 11 is 0. The molecule has 0 radical (unpaired) electrons. The average molecular weight is 491 g/mol. The van der Waals surface area contributed by atoms with Crippen LogP contribution in [0.4, 0.5) is 24.9 Å². The molecule has 1 fully saturated rings. The number of anilines is 2. The van der Waals surface area contributed by atoms with Crippen LogP contribution in [0.3, 0.4) is 0 Å². The normalized spacial score (nSPS) is 22.2. The van der Waals surface area contributed by atoms with Crippen molar-refractivity contribution >= 4 is 23.8 Å². The third-order valence-electron chi connectivity index (χ3n) is 6.53. The Bertz CT molecular complexity index is 1100. The molecule has 188 valence electrons. The van der Waals surface area contributed by atoms with Crippen molar-refractivity contribution in [3.8, 4) is 0 Å². The number of ether oxygens (including phenoxy) is 1. The monoisotopic (exact) mass is 490 g/mol. The molecule has 1 aliphatic carbocycles. The van der Waals surface area contributed by atoms with Gasteiger partial charge >= 0.3 is 12.1 Å². The van der Waals surface area contributed by atoms with E-state index in [1.165, 1.54) is 7.11 Å². The van der Waals surface area contributed by atoms with Gasteiger partial charge < -0.3 is 26.0 Å². The number of hydrogen-bond acceptors (Lipinski definition) is 8. The van der Waals surface area contributed by atoms with E-state index in [1.54, 1.807) is 7.05 Å². The van der Waals surface area contributed by atoms with Crippen LogP contribution in [0.1, 0.15) is 54.8 Å². The van der Waals surface area contributed by atoms with Gasteiger partial charge in [0.25, 0.3) is 0 Å². The van der Waals surface area contributed by atoms with Crippen molar-refractivity contribution in [2.45, 2.75) is 56.4 Å². The number of carbonyl (C=O) groups excluding carboxylic acids is 1. The maximum Gasteiger partial charge on any atom is 0.421 e. The first-order valence-electron chi connectivity index (χ1n) is 11.5. The van der Waals surface area contributed by atoms with Crippen LogP contribution in [0.15, 0.2) is 36.3 Å². The molecule has 2 aliphatic rings. The van der Waals surface area contributed by atoms with Gasteiger partial charge in [-0.1, -0.05) is 24.3 Å². The molecule has 0 saturated heterocycles. The van der Waals surface area contributed by atoms with Crippen LogP contribution in [-0.2, 0) is 15.7 Å². The maximum absolute atomic E-state index is 13.7. The Kier molecular flexibility index (Phi) is 7.15. The molecular formula is C24H29F3N6O2. The van der Waals surface area contributed by atoms with E-state index >= 15 is 0 Å². The molecule has 4 N–H and O–H groups in total. The molecule has 2 aromatic rings. The number of carbonyl (C=O) groups is 1. The SMILES string of the molecule is COC(=O)CC1c2ccccc2C=C(Nc2ncc(C(F)(F)F)c(NC3CCC(N)CC3)n2)N1C. The number of esters is 1. The number of nitrogens with two attached hydrogens (primary N) is 1. The van der Waals surface area contributed by atoms with E-state index in [-0.39, 0.29) is 42.3 Å². The summed E-state index contributed by atoms with van der Waals surface area (Å²) in [5, 5.41) is 6.00. The minimum Gasteiger partial charge on any atom is -0.469 e.